The molecular weight excluding hydrogens is 400 g/mol. The van der Waals surface area contributed by atoms with E-state index in [9.17, 15) is 13.2 Å². The van der Waals surface area contributed by atoms with Gasteiger partial charge in [0.15, 0.2) is 0 Å². The lowest BCUT2D eigenvalue weighted by Gasteiger charge is -2.31. The lowest BCUT2D eigenvalue weighted by Crippen LogP contribution is -2.43. The highest BCUT2D eigenvalue weighted by Gasteiger charge is 2.33. The fraction of sp³-hybridized carbons (Fsp3) is 0.261. The summed E-state index contributed by atoms with van der Waals surface area (Å²) in [5.74, 6) is 0.0541. The van der Waals surface area contributed by atoms with Crippen LogP contribution in [0.4, 0.5) is 5.69 Å². The summed E-state index contributed by atoms with van der Waals surface area (Å²) in [4.78, 5) is 13.1. The molecule has 1 unspecified atom stereocenters. The second kappa shape index (κ2) is 8.45. The molecule has 1 aliphatic rings. The van der Waals surface area contributed by atoms with E-state index in [0.29, 0.717) is 30.8 Å². The van der Waals surface area contributed by atoms with E-state index in [0.717, 1.165) is 10.8 Å². The van der Waals surface area contributed by atoms with Crippen LogP contribution in [0.5, 0.6) is 5.75 Å². The minimum atomic E-state index is -3.66. The molecule has 1 saturated heterocycles. The number of nitrogens with zero attached hydrogens (tertiary/aromatic N) is 1. The first-order valence-electron chi connectivity index (χ1n) is 9.91. The number of benzene rings is 3. The van der Waals surface area contributed by atoms with E-state index in [-0.39, 0.29) is 17.3 Å². The zero-order chi connectivity index (χ0) is 21.1. The van der Waals surface area contributed by atoms with Crippen molar-refractivity contribution in [3.8, 4) is 5.75 Å². The predicted molar refractivity (Wildman–Crippen MR) is 117 cm³/mol. The molecule has 1 N–H and O–H groups in total. The first kappa shape index (κ1) is 20.4. The van der Waals surface area contributed by atoms with Gasteiger partial charge in [-0.2, -0.15) is 4.31 Å². The summed E-state index contributed by atoms with van der Waals surface area (Å²) >= 11 is 0. The van der Waals surface area contributed by atoms with Gasteiger partial charge in [0.2, 0.25) is 15.9 Å². The summed E-state index contributed by atoms with van der Waals surface area (Å²) in [6.45, 7) is 0.585. The first-order chi connectivity index (χ1) is 14.5. The Morgan fingerprint density at radius 3 is 2.50 bits per heavy atom. The second-order valence-corrected chi connectivity index (χ2v) is 9.37. The molecule has 1 aliphatic heterocycles. The SMILES string of the molecule is COc1ccc(S(=O)(=O)N2CCCC(C(=O)Nc3ccc4ccccc4c3)C2)cc1. The van der Waals surface area contributed by atoms with Crippen molar-refractivity contribution in [3.63, 3.8) is 0 Å². The molecule has 3 aromatic carbocycles. The first-order valence-corrected chi connectivity index (χ1v) is 11.4. The van der Waals surface area contributed by atoms with Crippen LogP contribution in [0.25, 0.3) is 10.8 Å². The molecular formula is C23H24N2O4S. The fourth-order valence-corrected chi connectivity index (χ4v) is 5.31. The number of sulfonamides is 1. The summed E-state index contributed by atoms with van der Waals surface area (Å²) in [5, 5.41) is 5.10. The van der Waals surface area contributed by atoms with E-state index in [2.05, 4.69) is 5.32 Å². The van der Waals surface area contributed by atoms with Crippen LogP contribution in [-0.2, 0) is 14.8 Å². The molecule has 0 spiro atoms. The van der Waals surface area contributed by atoms with Gasteiger partial charge >= 0.3 is 0 Å². The number of hydrogen-bond donors (Lipinski definition) is 1. The Balaban J connectivity index is 1.47. The van der Waals surface area contributed by atoms with E-state index >= 15 is 0 Å². The molecule has 1 atom stereocenters. The molecule has 4 rings (SSSR count). The predicted octanol–water partition coefficient (Wildman–Crippen LogP) is 3.89. The van der Waals surface area contributed by atoms with Gasteiger partial charge < -0.3 is 10.1 Å². The Kier molecular flexibility index (Phi) is 5.74. The van der Waals surface area contributed by atoms with Crippen LogP contribution in [0, 0.1) is 5.92 Å². The van der Waals surface area contributed by atoms with Crippen LogP contribution < -0.4 is 10.1 Å². The Labute approximate surface area is 176 Å². The Bertz CT molecular complexity index is 1160. The van der Waals surface area contributed by atoms with Crippen molar-refractivity contribution in [2.45, 2.75) is 17.7 Å². The van der Waals surface area contributed by atoms with Crippen LogP contribution in [-0.4, -0.2) is 38.8 Å². The molecule has 1 amide bonds. The summed E-state index contributed by atoms with van der Waals surface area (Å²) < 4.78 is 32.5. The molecule has 30 heavy (non-hydrogen) atoms. The van der Waals surface area contributed by atoms with Crippen LogP contribution in [0.1, 0.15) is 12.8 Å². The number of carbonyl (C=O) groups is 1. The van der Waals surface area contributed by atoms with Gasteiger partial charge in [-0.15, -0.1) is 0 Å². The molecule has 0 bridgehead atoms. The Hall–Kier alpha value is -2.90. The third-order valence-corrected chi connectivity index (χ3v) is 7.35. The largest absolute Gasteiger partial charge is 0.497 e. The zero-order valence-electron chi connectivity index (χ0n) is 16.7. The quantitative estimate of drug-likeness (QED) is 0.674. The lowest BCUT2D eigenvalue weighted by molar-refractivity contribution is -0.120. The van der Waals surface area contributed by atoms with Crippen molar-refractivity contribution in [1.29, 1.82) is 0 Å². The monoisotopic (exact) mass is 424 g/mol. The number of piperidine rings is 1. The number of methoxy groups -OCH3 is 1. The summed E-state index contributed by atoms with van der Waals surface area (Å²) in [6, 6.07) is 20.0. The van der Waals surface area contributed by atoms with Gasteiger partial charge in [0.05, 0.1) is 17.9 Å². The Morgan fingerprint density at radius 2 is 1.77 bits per heavy atom. The van der Waals surface area contributed by atoms with E-state index in [1.165, 1.54) is 23.5 Å². The number of amides is 1. The molecule has 1 heterocycles. The number of anilines is 1. The zero-order valence-corrected chi connectivity index (χ0v) is 17.6. The lowest BCUT2D eigenvalue weighted by atomic mass is 9.98. The van der Waals surface area contributed by atoms with Crippen molar-refractivity contribution in [2.75, 3.05) is 25.5 Å². The maximum absolute atomic E-state index is 13.0. The summed E-state index contributed by atoms with van der Waals surface area (Å²) in [6.07, 6.45) is 1.30. The topological polar surface area (TPSA) is 75.7 Å². The number of rotatable bonds is 5. The molecule has 6 nitrogen and oxygen atoms in total. The third kappa shape index (κ3) is 4.17. The molecule has 0 radical (unpaired) electrons. The number of carbonyl (C=O) groups excluding carboxylic acids is 1. The highest BCUT2D eigenvalue weighted by molar-refractivity contribution is 7.89. The minimum Gasteiger partial charge on any atom is -0.497 e. The number of nitrogens with one attached hydrogen (secondary N) is 1. The van der Waals surface area contributed by atoms with Crippen LogP contribution >= 0.6 is 0 Å². The van der Waals surface area contributed by atoms with Gasteiger partial charge in [0.1, 0.15) is 5.75 Å². The smallest absolute Gasteiger partial charge is 0.243 e. The molecule has 0 aliphatic carbocycles. The van der Waals surface area contributed by atoms with Gasteiger partial charge in [0, 0.05) is 18.8 Å². The van der Waals surface area contributed by atoms with Gasteiger partial charge in [-0.3, -0.25) is 4.79 Å². The van der Waals surface area contributed by atoms with Gasteiger partial charge in [-0.05, 0) is 60.0 Å². The highest BCUT2D eigenvalue weighted by atomic mass is 32.2. The molecule has 1 fully saturated rings. The highest BCUT2D eigenvalue weighted by Crippen LogP contribution is 2.26. The van der Waals surface area contributed by atoms with E-state index in [1.807, 2.05) is 42.5 Å². The minimum absolute atomic E-state index is 0.153. The average Bonchev–Trinajstić information content (AvgIpc) is 2.79. The van der Waals surface area contributed by atoms with Crippen molar-refractivity contribution < 1.29 is 17.9 Å². The maximum Gasteiger partial charge on any atom is 0.243 e. The van der Waals surface area contributed by atoms with E-state index < -0.39 is 15.9 Å². The Morgan fingerprint density at radius 1 is 1.03 bits per heavy atom. The number of hydrogen-bond acceptors (Lipinski definition) is 4. The van der Waals surface area contributed by atoms with Gasteiger partial charge in [0.25, 0.3) is 0 Å². The van der Waals surface area contributed by atoms with Crippen molar-refractivity contribution in [1.82, 2.24) is 4.31 Å². The van der Waals surface area contributed by atoms with Crippen molar-refractivity contribution >= 4 is 32.4 Å². The van der Waals surface area contributed by atoms with Crippen molar-refractivity contribution in [3.05, 3.63) is 66.7 Å². The van der Waals surface area contributed by atoms with Gasteiger partial charge in [-0.25, -0.2) is 8.42 Å². The van der Waals surface area contributed by atoms with Crippen LogP contribution in [0.15, 0.2) is 71.6 Å². The average molecular weight is 425 g/mol. The molecule has 0 saturated carbocycles. The molecule has 156 valence electrons. The summed E-state index contributed by atoms with van der Waals surface area (Å²) in [7, 11) is -2.12. The standard InChI is InChI=1S/C23H24N2O4S/c1-29-21-10-12-22(13-11-21)30(27,28)25-14-4-7-19(16-25)23(26)24-20-9-8-17-5-2-3-6-18(17)15-20/h2-3,5-6,8-13,15,19H,4,7,14,16H2,1H3,(H,24,26). The maximum atomic E-state index is 13.0. The van der Waals surface area contributed by atoms with E-state index in [4.69, 9.17) is 4.74 Å². The van der Waals surface area contributed by atoms with Crippen molar-refractivity contribution in [2.24, 2.45) is 5.92 Å². The normalized spacial score (nSPS) is 17.6. The molecule has 3 aromatic rings. The van der Waals surface area contributed by atoms with Crippen LogP contribution in [0.2, 0.25) is 0 Å². The van der Waals surface area contributed by atoms with Gasteiger partial charge in [-0.1, -0.05) is 30.3 Å². The number of ether oxygens (including phenoxy) is 1. The number of fused-ring (bicyclic) bond motifs is 1. The summed E-state index contributed by atoms with van der Waals surface area (Å²) in [5.41, 5.74) is 0.717. The second-order valence-electron chi connectivity index (χ2n) is 7.43. The fourth-order valence-electron chi connectivity index (χ4n) is 3.78. The molecule has 7 heteroatoms. The van der Waals surface area contributed by atoms with E-state index in [1.54, 1.807) is 12.1 Å². The molecule has 0 aromatic heterocycles. The third-order valence-electron chi connectivity index (χ3n) is 5.47. The van der Waals surface area contributed by atoms with Crippen LogP contribution in [0.3, 0.4) is 0 Å².